The molecule has 0 heterocycles. The topological polar surface area (TPSA) is 116 Å². The van der Waals surface area contributed by atoms with Gasteiger partial charge in [-0.2, -0.15) is 0 Å². The number of carboxylic acid groups (broad SMARTS) is 1. The largest absolute Gasteiger partial charge is 0.508 e. The molecule has 76 valence electrons. The van der Waals surface area contributed by atoms with Crippen LogP contribution in [0.3, 0.4) is 0 Å². The van der Waals surface area contributed by atoms with Crippen LogP contribution in [0, 0.1) is 0 Å². The number of aromatic hydroxyl groups is 1. The van der Waals surface area contributed by atoms with Gasteiger partial charge in [0.1, 0.15) is 5.75 Å². The molecule has 1 rings (SSSR count). The summed E-state index contributed by atoms with van der Waals surface area (Å²) in [5, 5.41) is 26.9. The Hall–Kier alpha value is -1.79. The molecule has 0 aliphatic carbocycles. The molecule has 1 unspecified atom stereocenters. The second-order valence-corrected chi connectivity index (χ2v) is 2.66. The van der Waals surface area contributed by atoms with Crippen molar-refractivity contribution in [1.82, 2.24) is 0 Å². The molecule has 0 bridgehead atoms. The van der Waals surface area contributed by atoms with Crippen molar-refractivity contribution in [3.05, 3.63) is 23.8 Å². The number of hydrogen-bond donors (Lipinski definition) is 5. The van der Waals surface area contributed by atoms with E-state index in [0.717, 1.165) is 0 Å². The van der Waals surface area contributed by atoms with Crippen LogP contribution in [0.4, 0.5) is 5.69 Å². The van der Waals surface area contributed by atoms with Crippen molar-refractivity contribution in [1.29, 1.82) is 0 Å². The van der Waals surface area contributed by atoms with Crippen LogP contribution in [0.1, 0.15) is 11.7 Å². The monoisotopic (exact) mass is 198 g/mol. The smallest absolute Gasteiger partial charge is 0.337 e. The van der Waals surface area contributed by atoms with Crippen LogP contribution in [-0.4, -0.2) is 21.3 Å². The summed E-state index contributed by atoms with van der Waals surface area (Å²) in [5.41, 5.74) is 2.57. The van der Waals surface area contributed by atoms with Gasteiger partial charge in [0.15, 0.2) is 6.10 Å². The Kier molecular flexibility index (Phi) is 2.90. The molecular weight excluding hydrogens is 188 g/mol. The predicted molar refractivity (Wildman–Crippen MR) is 48.5 cm³/mol. The summed E-state index contributed by atoms with van der Waals surface area (Å²) in [7, 11) is 0. The zero-order chi connectivity index (χ0) is 10.7. The maximum atomic E-state index is 10.4. The summed E-state index contributed by atoms with van der Waals surface area (Å²) in [4.78, 5) is 10.4. The van der Waals surface area contributed by atoms with Crippen molar-refractivity contribution >= 4 is 11.7 Å². The van der Waals surface area contributed by atoms with Crippen LogP contribution in [0.15, 0.2) is 18.2 Å². The minimum atomic E-state index is -1.76. The number of nitrogen functional groups attached to an aromatic ring is 1. The van der Waals surface area contributed by atoms with Gasteiger partial charge in [-0.05, 0) is 18.2 Å². The van der Waals surface area contributed by atoms with Gasteiger partial charge < -0.3 is 20.7 Å². The van der Waals surface area contributed by atoms with Crippen molar-refractivity contribution < 1.29 is 20.1 Å². The number of hydrogen-bond acceptors (Lipinski definition) is 5. The molecule has 0 fully saturated rings. The van der Waals surface area contributed by atoms with Gasteiger partial charge >= 0.3 is 5.97 Å². The summed E-state index contributed by atoms with van der Waals surface area (Å²) >= 11 is 0. The van der Waals surface area contributed by atoms with Crippen molar-refractivity contribution in [2.24, 2.45) is 5.84 Å². The van der Waals surface area contributed by atoms with E-state index in [-0.39, 0.29) is 11.3 Å². The molecule has 1 atom stereocenters. The van der Waals surface area contributed by atoms with Gasteiger partial charge in [-0.25, -0.2) is 4.79 Å². The fourth-order valence-corrected chi connectivity index (χ4v) is 0.996. The molecule has 0 aromatic heterocycles. The van der Waals surface area contributed by atoms with Crippen molar-refractivity contribution in [3.63, 3.8) is 0 Å². The highest BCUT2D eigenvalue weighted by Crippen LogP contribution is 2.27. The van der Waals surface area contributed by atoms with Crippen LogP contribution >= 0.6 is 0 Å². The fraction of sp³-hybridized carbons (Fsp3) is 0.125. The summed E-state index contributed by atoms with van der Waals surface area (Å²) in [6, 6.07) is 3.96. The number of carbonyl (C=O) groups is 1. The fourth-order valence-electron chi connectivity index (χ4n) is 0.996. The second-order valence-electron chi connectivity index (χ2n) is 2.66. The lowest BCUT2D eigenvalue weighted by molar-refractivity contribution is -0.147. The highest BCUT2D eigenvalue weighted by atomic mass is 16.4. The summed E-state index contributed by atoms with van der Waals surface area (Å²) in [5.74, 6) is 3.36. The molecule has 1 aromatic rings. The van der Waals surface area contributed by atoms with Crippen molar-refractivity contribution in [2.75, 3.05) is 5.43 Å². The predicted octanol–water partition coefficient (Wildman–Crippen LogP) is -0.204. The van der Waals surface area contributed by atoms with Gasteiger partial charge in [-0.3, -0.25) is 5.84 Å². The van der Waals surface area contributed by atoms with E-state index in [0.29, 0.717) is 5.69 Å². The quantitative estimate of drug-likeness (QED) is 0.261. The Morgan fingerprint density at radius 1 is 1.50 bits per heavy atom. The van der Waals surface area contributed by atoms with Gasteiger partial charge in [0.2, 0.25) is 0 Å². The van der Waals surface area contributed by atoms with E-state index < -0.39 is 12.1 Å². The van der Waals surface area contributed by atoms with E-state index in [1.54, 1.807) is 0 Å². The molecule has 0 saturated carbocycles. The third kappa shape index (κ3) is 1.93. The number of benzene rings is 1. The van der Waals surface area contributed by atoms with Crippen LogP contribution in [0.5, 0.6) is 5.75 Å². The highest BCUT2D eigenvalue weighted by molar-refractivity contribution is 5.75. The number of phenolic OH excluding ortho intramolecular Hbond substituents is 1. The van der Waals surface area contributed by atoms with E-state index in [9.17, 15) is 15.0 Å². The molecule has 0 radical (unpaired) electrons. The van der Waals surface area contributed by atoms with Crippen LogP contribution < -0.4 is 11.3 Å². The Bertz CT molecular complexity index is 353. The van der Waals surface area contributed by atoms with Crippen LogP contribution in [-0.2, 0) is 4.79 Å². The normalized spacial score (nSPS) is 12.1. The first-order valence-corrected chi connectivity index (χ1v) is 3.76. The summed E-state index contributed by atoms with van der Waals surface area (Å²) < 4.78 is 0. The van der Waals surface area contributed by atoms with E-state index in [2.05, 4.69) is 5.43 Å². The number of rotatable bonds is 3. The molecule has 0 aliphatic heterocycles. The molecule has 14 heavy (non-hydrogen) atoms. The highest BCUT2D eigenvalue weighted by Gasteiger charge is 2.19. The molecule has 0 aliphatic rings. The average molecular weight is 198 g/mol. The van der Waals surface area contributed by atoms with E-state index in [1.165, 1.54) is 18.2 Å². The SMILES string of the molecule is NNc1ccc(O)c(C(O)C(=O)O)c1. The molecule has 1 aromatic carbocycles. The second kappa shape index (κ2) is 3.95. The molecule has 0 saturated heterocycles. The number of aliphatic hydroxyl groups is 1. The molecule has 6 nitrogen and oxygen atoms in total. The number of hydrazine groups is 1. The zero-order valence-corrected chi connectivity index (χ0v) is 7.14. The van der Waals surface area contributed by atoms with Gasteiger partial charge in [-0.15, -0.1) is 0 Å². The number of carboxylic acids is 1. The van der Waals surface area contributed by atoms with Crippen molar-refractivity contribution in [2.45, 2.75) is 6.10 Å². The third-order valence-corrected chi connectivity index (χ3v) is 1.72. The number of aliphatic hydroxyl groups excluding tert-OH is 1. The maximum Gasteiger partial charge on any atom is 0.337 e. The molecule has 0 spiro atoms. The lowest BCUT2D eigenvalue weighted by Gasteiger charge is -2.09. The Labute approximate surface area is 79.6 Å². The van der Waals surface area contributed by atoms with E-state index >= 15 is 0 Å². The first kappa shape index (κ1) is 10.3. The molecule has 0 amide bonds. The summed E-state index contributed by atoms with van der Waals surface area (Å²) in [6.45, 7) is 0. The number of nitrogens with one attached hydrogen (secondary N) is 1. The molecule has 6 N–H and O–H groups in total. The average Bonchev–Trinajstić information content (AvgIpc) is 2.17. The standard InChI is InChI=1S/C8H10N2O4/c9-10-4-1-2-6(11)5(3-4)7(12)8(13)14/h1-3,7,10-12H,9H2,(H,13,14). The van der Waals surface area contributed by atoms with E-state index in [4.69, 9.17) is 10.9 Å². The molecule has 6 heteroatoms. The number of nitrogens with two attached hydrogens (primary N) is 1. The van der Waals surface area contributed by atoms with Crippen molar-refractivity contribution in [3.8, 4) is 5.75 Å². The van der Waals surface area contributed by atoms with Gasteiger partial charge in [0.25, 0.3) is 0 Å². The minimum absolute atomic E-state index is 0.104. The number of phenols is 1. The van der Waals surface area contributed by atoms with Crippen LogP contribution in [0.2, 0.25) is 0 Å². The Balaban J connectivity index is 3.11. The Morgan fingerprint density at radius 2 is 2.14 bits per heavy atom. The van der Waals surface area contributed by atoms with E-state index in [1.807, 2.05) is 0 Å². The minimum Gasteiger partial charge on any atom is -0.508 e. The lowest BCUT2D eigenvalue weighted by atomic mass is 10.1. The first-order chi connectivity index (χ1) is 6.56. The third-order valence-electron chi connectivity index (χ3n) is 1.72. The first-order valence-electron chi connectivity index (χ1n) is 3.76. The van der Waals surface area contributed by atoms with Gasteiger partial charge in [0.05, 0.1) is 0 Å². The summed E-state index contributed by atoms with van der Waals surface area (Å²) in [6.07, 6.45) is -1.76. The Morgan fingerprint density at radius 3 is 2.64 bits per heavy atom. The number of aliphatic carboxylic acids is 1. The number of anilines is 1. The van der Waals surface area contributed by atoms with Gasteiger partial charge in [-0.1, -0.05) is 0 Å². The zero-order valence-electron chi connectivity index (χ0n) is 7.14. The van der Waals surface area contributed by atoms with Crippen LogP contribution in [0.25, 0.3) is 0 Å². The van der Waals surface area contributed by atoms with Gasteiger partial charge in [0, 0.05) is 11.3 Å². The molecular formula is C8H10N2O4. The maximum absolute atomic E-state index is 10.4. The lowest BCUT2D eigenvalue weighted by Crippen LogP contribution is -2.12.